The Hall–Kier alpha value is -1.75. The quantitative estimate of drug-likeness (QED) is 0.642. The number of carbonyl (C=O) groups excluding carboxylic acids is 1. The summed E-state index contributed by atoms with van der Waals surface area (Å²) in [5.41, 5.74) is 1.21. The highest BCUT2D eigenvalue weighted by molar-refractivity contribution is 5.73. The van der Waals surface area contributed by atoms with E-state index in [1.807, 2.05) is 11.0 Å². The molecular weight excluding hydrogens is 316 g/mol. The fourth-order valence-corrected chi connectivity index (χ4v) is 3.12. The van der Waals surface area contributed by atoms with Gasteiger partial charge in [0.15, 0.2) is 11.5 Å². The number of benzene rings is 1. The molecule has 1 fully saturated rings. The van der Waals surface area contributed by atoms with Crippen LogP contribution in [0.25, 0.3) is 0 Å². The third-order valence-electron chi connectivity index (χ3n) is 4.71. The van der Waals surface area contributed by atoms with Gasteiger partial charge in [-0.2, -0.15) is 0 Å². The minimum atomic E-state index is 0.168. The summed E-state index contributed by atoms with van der Waals surface area (Å²) >= 11 is 0. The largest absolute Gasteiger partial charge is 0.493 e. The first-order valence-corrected chi connectivity index (χ1v) is 9.41. The SMILES string of the molecule is CCCCCCOc1ccc(CN2CCN(C(C)=O)CC2)cc1OC. The number of unbranched alkanes of at least 4 members (excludes halogenated alkanes) is 3. The third-order valence-corrected chi connectivity index (χ3v) is 4.71. The second kappa shape index (κ2) is 10.3. The van der Waals surface area contributed by atoms with Crippen molar-refractivity contribution in [2.24, 2.45) is 0 Å². The molecule has 140 valence electrons. The Balaban J connectivity index is 1.85. The first-order valence-electron chi connectivity index (χ1n) is 9.41. The van der Waals surface area contributed by atoms with Crippen LogP contribution in [0.5, 0.6) is 11.5 Å². The molecular formula is C20H32N2O3. The minimum Gasteiger partial charge on any atom is -0.493 e. The van der Waals surface area contributed by atoms with E-state index in [9.17, 15) is 4.79 Å². The maximum absolute atomic E-state index is 11.4. The van der Waals surface area contributed by atoms with Gasteiger partial charge in [-0.05, 0) is 24.1 Å². The van der Waals surface area contributed by atoms with Crippen LogP contribution in [0.4, 0.5) is 0 Å². The Morgan fingerprint density at radius 2 is 1.84 bits per heavy atom. The van der Waals surface area contributed by atoms with Gasteiger partial charge < -0.3 is 14.4 Å². The van der Waals surface area contributed by atoms with E-state index < -0.39 is 0 Å². The fourth-order valence-electron chi connectivity index (χ4n) is 3.12. The average Bonchev–Trinajstić information content (AvgIpc) is 2.62. The predicted molar refractivity (Wildman–Crippen MR) is 100 cm³/mol. The van der Waals surface area contributed by atoms with Gasteiger partial charge >= 0.3 is 0 Å². The number of hydrogen-bond donors (Lipinski definition) is 0. The molecule has 1 aliphatic heterocycles. The van der Waals surface area contributed by atoms with E-state index in [4.69, 9.17) is 9.47 Å². The summed E-state index contributed by atoms with van der Waals surface area (Å²) in [6, 6.07) is 6.19. The number of ether oxygens (including phenoxy) is 2. The summed E-state index contributed by atoms with van der Waals surface area (Å²) in [6.07, 6.45) is 4.79. The average molecular weight is 348 g/mol. The summed E-state index contributed by atoms with van der Waals surface area (Å²) < 4.78 is 11.4. The van der Waals surface area contributed by atoms with Crippen molar-refractivity contribution in [3.8, 4) is 11.5 Å². The Morgan fingerprint density at radius 3 is 2.48 bits per heavy atom. The van der Waals surface area contributed by atoms with Crippen molar-refractivity contribution >= 4 is 5.91 Å². The molecule has 5 nitrogen and oxygen atoms in total. The Bertz CT molecular complexity index is 540. The Kier molecular flexibility index (Phi) is 8.06. The van der Waals surface area contributed by atoms with E-state index in [1.54, 1.807) is 14.0 Å². The predicted octanol–water partition coefficient (Wildman–Crippen LogP) is 3.32. The lowest BCUT2D eigenvalue weighted by Gasteiger charge is -2.34. The topological polar surface area (TPSA) is 42.0 Å². The van der Waals surface area contributed by atoms with Crippen LogP contribution in [0.3, 0.4) is 0 Å². The molecule has 1 amide bonds. The van der Waals surface area contributed by atoms with Gasteiger partial charge in [-0.3, -0.25) is 9.69 Å². The van der Waals surface area contributed by atoms with Crippen LogP contribution in [-0.2, 0) is 11.3 Å². The summed E-state index contributed by atoms with van der Waals surface area (Å²) in [4.78, 5) is 15.7. The zero-order valence-corrected chi connectivity index (χ0v) is 15.9. The molecule has 0 aliphatic carbocycles. The van der Waals surface area contributed by atoms with E-state index >= 15 is 0 Å². The molecule has 0 saturated carbocycles. The maximum Gasteiger partial charge on any atom is 0.219 e. The van der Waals surface area contributed by atoms with Crippen LogP contribution in [0, 0.1) is 0 Å². The second-order valence-electron chi connectivity index (χ2n) is 6.68. The molecule has 0 atom stereocenters. The van der Waals surface area contributed by atoms with Crippen LogP contribution in [0.2, 0.25) is 0 Å². The molecule has 2 rings (SSSR count). The summed E-state index contributed by atoms with van der Waals surface area (Å²) in [5, 5.41) is 0. The van der Waals surface area contributed by atoms with E-state index in [2.05, 4.69) is 24.0 Å². The molecule has 5 heteroatoms. The molecule has 0 bridgehead atoms. The van der Waals surface area contributed by atoms with Crippen molar-refractivity contribution in [1.82, 2.24) is 9.80 Å². The molecule has 25 heavy (non-hydrogen) atoms. The van der Waals surface area contributed by atoms with E-state index in [-0.39, 0.29) is 5.91 Å². The number of amides is 1. The van der Waals surface area contributed by atoms with Crippen molar-refractivity contribution in [2.75, 3.05) is 39.9 Å². The number of nitrogens with zero attached hydrogens (tertiary/aromatic N) is 2. The van der Waals surface area contributed by atoms with Crippen LogP contribution in [0.1, 0.15) is 45.1 Å². The smallest absolute Gasteiger partial charge is 0.219 e. The molecule has 1 aromatic carbocycles. The van der Waals surface area contributed by atoms with E-state index in [0.29, 0.717) is 0 Å². The second-order valence-corrected chi connectivity index (χ2v) is 6.68. The monoisotopic (exact) mass is 348 g/mol. The number of carbonyl (C=O) groups is 1. The standard InChI is InChI=1S/C20H32N2O3/c1-4-5-6-7-14-25-19-9-8-18(15-20(19)24-3)16-21-10-12-22(13-11-21)17(2)23/h8-9,15H,4-7,10-14,16H2,1-3H3. The number of hydrogen-bond acceptors (Lipinski definition) is 4. The molecule has 0 spiro atoms. The molecule has 0 radical (unpaired) electrons. The molecule has 1 aliphatic rings. The van der Waals surface area contributed by atoms with Gasteiger partial charge in [0.05, 0.1) is 13.7 Å². The fraction of sp³-hybridized carbons (Fsp3) is 0.650. The van der Waals surface area contributed by atoms with Gasteiger partial charge in [-0.25, -0.2) is 0 Å². The van der Waals surface area contributed by atoms with Gasteiger partial charge in [0, 0.05) is 39.6 Å². The normalized spacial score (nSPS) is 15.2. The van der Waals surface area contributed by atoms with Crippen LogP contribution in [0.15, 0.2) is 18.2 Å². The molecule has 0 aromatic heterocycles. The number of methoxy groups -OCH3 is 1. The minimum absolute atomic E-state index is 0.168. The summed E-state index contributed by atoms with van der Waals surface area (Å²) in [5.74, 6) is 1.79. The van der Waals surface area contributed by atoms with Crippen LogP contribution >= 0.6 is 0 Å². The Labute approximate surface area is 151 Å². The highest BCUT2D eigenvalue weighted by Crippen LogP contribution is 2.29. The van der Waals surface area contributed by atoms with Crippen molar-refractivity contribution in [3.63, 3.8) is 0 Å². The molecule has 1 aromatic rings. The van der Waals surface area contributed by atoms with Gasteiger partial charge in [0.25, 0.3) is 0 Å². The maximum atomic E-state index is 11.4. The lowest BCUT2D eigenvalue weighted by molar-refractivity contribution is -0.130. The lowest BCUT2D eigenvalue weighted by atomic mass is 10.1. The van der Waals surface area contributed by atoms with E-state index in [1.165, 1.54) is 24.8 Å². The first kappa shape index (κ1) is 19.6. The molecule has 1 saturated heterocycles. The molecule has 0 N–H and O–H groups in total. The lowest BCUT2D eigenvalue weighted by Crippen LogP contribution is -2.47. The summed E-state index contributed by atoms with van der Waals surface area (Å²) in [7, 11) is 1.69. The van der Waals surface area contributed by atoms with Crippen LogP contribution < -0.4 is 9.47 Å². The van der Waals surface area contributed by atoms with Crippen molar-refractivity contribution < 1.29 is 14.3 Å². The van der Waals surface area contributed by atoms with Gasteiger partial charge in [0.2, 0.25) is 5.91 Å². The third kappa shape index (κ3) is 6.24. The van der Waals surface area contributed by atoms with Gasteiger partial charge in [-0.15, -0.1) is 0 Å². The highest BCUT2D eigenvalue weighted by Gasteiger charge is 2.19. The number of piperazine rings is 1. The molecule has 0 unspecified atom stereocenters. The van der Waals surface area contributed by atoms with Gasteiger partial charge in [0.1, 0.15) is 0 Å². The van der Waals surface area contributed by atoms with Crippen LogP contribution in [-0.4, -0.2) is 55.6 Å². The van der Waals surface area contributed by atoms with E-state index in [0.717, 1.165) is 57.3 Å². The van der Waals surface area contributed by atoms with Crippen molar-refractivity contribution in [3.05, 3.63) is 23.8 Å². The van der Waals surface area contributed by atoms with Gasteiger partial charge in [-0.1, -0.05) is 32.3 Å². The molecule has 1 heterocycles. The zero-order valence-electron chi connectivity index (χ0n) is 15.9. The first-order chi connectivity index (χ1) is 12.1. The van der Waals surface area contributed by atoms with Crippen molar-refractivity contribution in [2.45, 2.75) is 46.1 Å². The summed E-state index contributed by atoms with van der Waals surface area (Å²) in [6.45, 7) is 8.91. The highest BCUT2D eigenvalue weighted by atomic mass is 16.5. The Morgan fingerprint density at radius 1 is 1.08 bits per heavy atom. The van der Waals surface area contributed by atoms with Crippen molar-refractivity contribution in [1.29, 1.82) is 0 Å². The number of rotatable bonds is 9. The zero-order chi connectivity index (χ0) is 18.1.